The van der Waals surface area contributed by atoms with Crippen LogP contribution in [0.15, 0.2) is 30.3 Å². The van der Waals surface area contributed by atoms with Crippen molar-refractivity contribution < 1.29 is 5.11 Å². The van der Waals surface area contributed by atoms with E-state index in [1.54, 1.807) is 0 Å². The highest BCUT2D eigenvalue weighted by Crippen LogP contribution is 2.20. The predicted molar refractivity (Wildman–Crippen MR) is 63.7 cm³/mol. The average molecular weight is 207 g/mol. The van der Waals surface area contributed by atoms with E-state index in [-0.39, 0.29) is 6.04 Å². The van der Waals surface area contributed by atoms with Gasteiger partial charge in [0.1, 0.15) is 0 Å². The number of aliphatic hydroxyl groups is 1. The van der Waals surface area contributed by atoms with Crippen LogP contribution >= 0.6 is 0 Å². The summed E-state index contributed by atoms with van der Waals surface area (Å²) in [5.74, 6) is 0.584. The molecule has 0 aliphatic rings. The molecule has 2 nitrogen and oxygen atoms in total. The Bertz CT molecular complexity index is 271. The highest BCUT2D eigenvalue weighted by molar-refractivity contribution is 5.18. The summed E-state index contributed by atoms with van der Waals surface area (Å²) >= 11 is 0. The molecule has 0 amide bonds. The third-order valence-corrected chi connectivity index (χ3v) is 2.62. The fourth-order valence-electron chi connectivity index (χ4n) is 1.80. The van der Waals surface area contributed by atoms with Gasteiger partial charge < -0.3 is 10.4 Å². The minimum Gasteiger partial charge on any atom is -0.387 e. The van der Waals surface area contributed by atoms with E-state index in [9.17, 15) is 5.11 Å². The van der Waals surface area contributed by atoms with Gasteiger partial charge in [-0.05, 0) is 24.9 Å². The van der Waals surface area contributed by atoms with E-state index < -0.39 is 6.10 Å². The van der Waals surface area contributed by atoms with Gasteiger partial charge >= 0.3 is 0 Å². The third-order valence-electron chi connectivity index (χ3n) is 2.62. The van der Waals surface area contributed by atoms with Gasteiger partial charge in [0.15, 0.2) is 0 Å². The molecule has 0 fully saturated rings. The summed E-state index contributed by atoms with van der Waals surface area (Å²) in [7, 11) is 1.90. The molecule has 0 radical (unpaired) electrons. The lowest BCUT2D eigenvalue weighted by atomic mass is 9.95. The van der Waals surface area contributed by atoms with E-state index >= 15 is 0 Å². The summed E-state index contributed by atoms with van der Waals surface area (Å²) in [4.78, 5) is 0. The molecule has 0 aliphatic carbocycles. The molecule has 1 aromatic rings. The van der Waals surface area contributed by atoms with Gasteiger partial charge in [-0.1, -0.05) is 44.2 Å². The largest absolute Gasteiger partial charge is 0.387 e. The van der Waals surface area contributed by atoms with Crippen LogP contribution in [0.2, 0.25) is 0 Å². The summed E-state index contributed by atoms with van der Waals surface area (Å²) in [6, 6.07) is 9.95. The standard InChI is InChI=1S/C13H21NO/c1-10(2)9-12(14-3)13(15)11-7-5-4-6-8-11/h4-8,10,12-15H,9H2,1-3H3/t12-,13+/m0/s1. The quantitative estimate of drug-likeness (QED) is 0.777. The molecule has 0 saturated carbocycles. The van der Waals surface area contributed by atoms with E-state index in [0.717, 1.165) is 12.0 Å². The zero-order valence-corrected chi connectivity index (χ0v) is 9.77. The fraction of sp³-hybridized carbons (Fsp3) is 0.538. The zero-order valence-electron chi connectivity index (χ0n) is 9.77. The Hall–Kier alpha value is -0.860. The minimum atomic E-state index is -0.418. The highest BCUT2D eigenvalue weighted by Gasteiger charge is 2.19. The van der Waals surface area contributed by atoms with Gasteiger partial charge in [-0.25, -0.2) is 0 Å². The zero-order chi connectivity index (χ0) is 11.3. The van der Waals surface area contributed by atoms with Crippen molar-refractivity contribution in [1.29, 1.82) is 0 Å². The van der Waals surface area contributed by atoms with Crippen LogP contribution in [0.4, 0.5) is 0 Å². The van der Waals surface area contributed by atoms with Crippen LogP contribution in [0, 0.1) is 5.92 Å². The van der Waals surface area contributed by atoms with Crippen molar-refractivity contribution in [2.75, 3.05) is 7.05 Å². The number of hydrogen-bond donors (Lipinski definition) is 2. The molecule has 0 heterocycles. The Kier molecular flexibility index (Phi) is 4.79. The second-order valence-electron chi connectivity index (χ2n) is 4.38. The molecule has 0 aromatic heterocycles. The SMILES string of the molecule is CN[C@@H](CC(C)C)[C@H](O)c1ccccc1. The molecule has 2 N–H and O–H groups in total. The minimum absolute atomic E-state index is 0.132. The Labute approximate surface area is 92.3 Å². The second-order valence-corrected chi connectivity index (χ2v) is 4.38. The normalized spacial score (nSPS) is 15.3. The van der Waals surface area contributed by atoms with Crippen LogP contribution in [0.3, 0.4) is 0 Å². The second kappa shape index (κ2) is 5.89. The van der Waals surface area contributed by atoms with Crippen molar-refractivity contribution >= 4 is 0 Å². The highest BCUT2D eigenvalue weighted by atomic mass is 16.3. The van der Waals surface area contributed by atoms with Crippen molar-refractivity contribution in [3.63, 3.8) is 0 Å². The van der Waals surface area contributed by atoms with Crippen LogP contribution in [-0.2, 0) is 0 Å². The molecular formula is C13H21NO. The number of benzene rings is 1. The molecular weight excluding hydrogens is 186 g/mol. The first-order valence-corrected chi connectivity index (χ1v) is 5.55. The smallest absolute Gasteiger partial charge is 0.0942 e. The first kappa shape index (κ1) is 12.2. The van der Waals surface area contributed by atoms with E-state index in [1.807, 2.05) is 37.4 Å². The van der Waals surface area contributed by atoms with Gasteiger partial charge in [-0.15, -0.1) is 0 Å². The Balaban J connectivity index is 2.69. The van der Waals surface area contributed by atoms with Crippen molar-refractivity contribution in [3.05, 3.63) is 35.9 Å². The van der Waals surface area contributed by atoms with E-state index in [4.69, 9.17) is 0 Å². The van der Waals surface area contributed by atoms with Gasteiger partial charge in [-0.2, -0.15) is 0 Å². The molecule has 1 aromatic carbocycles. The summed E-state index contributed by atoms with van der Waals surface area (Å²) in [6.45, 7) is 4.34. The van der Waals surface area contributed by atoms with E-state index in [2.05, 4.69) is 19.2 Å². The molecule has 15 heavy (non-hydrogen) atoms. The molecule has 0 aliphatic heterocycles. The monoisotopic (exact) mass is 207 g/mol. The molecule has 0 bridgehead atoms. The summed E-state index contributed by atoms with van der Waals surface area (Å²) in [6.07, 6.45) is 0.561. The number of hydrogen-bond acceptors (Lipinski definition) is 2. The maximum Gasteiger partial charge on any atom is 0.0942 e. The van der Waals surface area contributed by atoms with Crippen molar-refractivity contribution in [3.8, 4) is 0 Å². The van der Waals surface area contributed by atoms with Gasteiger partial charge in [-0.3, -0.25) is 0 Å². The molecule has 2 heteroatoms. The third kappa shape index (κ3) is 3.65. The molecule has 0 saturated heterocycles. The predicted octanol–water partition coefficient (Wildman–Crippen LogP) is 2.35. The molecule has 2 atom stereocenters. The van der Waals surface area contributed by atoms with Crippen LogP contribution in [0.1, 0.15) is 31.9 Å². The van der Waals surface area contributed by atoms with E-state index in [0.29, 0.717) is 5.92 Å². The maximum atomic E-state index is 10.2. The molecule has 0 unspecified atom stereocenters. The lowest BCUT2D eigenvalue weighted by Gasteiger charge is -2.24. The van der Waals surface area contributed by atoms with E-state index in [1.165, 1.54) is 0 Å². The molecule has 0 spiro atoms. The summed E-state index contributed by atoms with van der Waals surface area (Å²) in [5, 5.41) is 13.3. The van der Waals surface area contributed by atoms with Crippen LogP contribution < -0.4 is 5.32 Å². The first-order valence-electron chi connectivity index (χ1n) is 5.55. The lowest BCUT2D eigenvalue weighted by Crippen LogP contribution is -2.33. The lowest BCUT2D eigenvalue weighted by molar-refractivity contribution is 0.121. The van der Waals surface area contributed by atoms with Crippen molar-refractivity contribution in [2.24, 2.45) is 5.92 Å². The van der Waals surface area contributed by atoms with Gasteiger partial charge in [0.25, 0.3) is 0 Å². The van der Waals surface area contributed by atoms with Gasteiger partial charge in [0.05, 0.1) is 6.10 Å². The van der Waals surface area contributed by atoms with Crippen molar-refractivity contribution in [2.45, 2.75) is 32.4 Å². The van der Waals surface area contributed by atoms with Crippen LogP contribution in [-0.4, -0.2) is 18.2 Å². The average Bonchev–Trinajstić information content (AvgIpc) is 2.26. The molecule has 1 rings (SSSR count). The number of aliphatic hydroxyl groups excluding tert-OH is 1. The van der Waals surface area contributed by atoms with Crippen molar-refractivity contribution in [1.82, 2.24) is 5.32 Å². The Morgan fingerprint density at radius 1 is 1.20 bits per heavy atom. The number of rotatable bonds is 5. The van der Waals surface area contributed by atoms with Gasteiger partial charge in [0, 0.05) is 6.04 Å². The topological polar surface area (TPSA) is 32.3 Å². The van der Waals surface area contributed by atoms with Crippen LogP contribution in [0.25, 0.3) is 0 Å². The number of nitrogens with one attached hydrogen (secondary N) is 1. The van der Waals surface area contributed by atoms with Crippen LogP contribution in [0.5, 0.6) is 0 Å². The summed E-state index contributed by atoms with van der Waals surface area (Å²) < 4.78 is 0. The Morgan fingerprint density at radius 2 is 1.80 bits per heavy atom. The van der Waals surface area contributed by atoms with Gasteiger partial charge in [0.2, 0.25) is 0 Å². The maximum absolute atomic E-state index is 10.2. The Morgan fingerprint density at radius 3 is 2.27 bits per heavy atom. The molecule has 84 valence electrons. The fourth-order valence-corrected chi connectivity index (χ4v) is 1.80. The number of likely N-dealkylation sites (N-methyl/N-ethyl adjacent to an activating group) is 1. The first-order chi connectivity index (χ1) is 7.15. The summed E-state index contributed by atoms with van der Waals surface area (Å²) in [5.41, 5.74) is 0.984.